The maximum Gasteiger partial charge on any atom is 0.269 e. The first kappa shape index (κ1) is 18.6. The van der Waals surface area contributed by atoms with E-state index in [0.717, 1.165) is 33.4 Å². The molecular formula is C22H20N4O3. The van der Waals surface area contributed by atoms with Crippen molar-refractivity contribution in [3.63, 3.8) is 0 Å². The van der Waals surface area contributed by atoms with Crippen molar-refractivity contribution < 1.29 is 9.34 Å². The molecule has 0 fully saturated rings. The van der Waals surface area contributed by atoms with Crippen LogP contribution in [0.15, 0.2) is 59.2 Å². The van der Waals surface area contributed by atoms with Crippen LogP contribution in [0.25, 0.3) is 22.2 Å². The standard InChI is InChI=1S/C22H20N4O3/c1-13-12-29-21-8-7-17(10-19(13)21)20-11-22(25-15(3)24-20)23-14(2)16-5-4-6-18(9-16)26(27)28/h4-12,14H,1-3H3,(H,23,24,25). The van der Waals surface area contributed by atoms with Crippen LogP contribution in [-0.2, 0) is 0 Å². The predicted molar refractivity (Wildman–Crippen MR) is 112 cm³/mol. The fraction of sp³-hybridized carbons (Fsp3) is 0.182. The number of anilines is 1. The molecule has 29 heavy (non-hydrogen) atoms. The molecule has 1 atom stereocenters. The lowest BCUT2D eigenvalue weighted by molar-refractivity contribution is -0.384. The highest BCUT2D eigenvalue weighted by Crippen LogP contribution is 2.29. The Bertz CT molecular complexity index is 1220. The van der Waals surface area contributed by atoms with Crippen LogP contribution in [-0.4, -0.2) is 14.9 Å². The van der Waals surface area contributed by atoms with E-state index in [1.807, 2.05) is 45.0 Å². The number of non-ortho nitro benzene ring substituents is 1. The fourth-order valence-corrected chi connectivity index (χ4v) is 3.32. The van der Waals surface area contributed by atoms with Gasteiger partial charge in [-0.2, -0.15) is 0 Å². The third-order valence-corrected chi connectivity index (χ3v) is 4.85. The summed E-state index contributed by atoms with van der Waals surface area (Å²) in [5, 5.41) is 15.4. The number of nitro groups is 1. The third-order valence-electron chi connectivity index (χ3n) is 4.85. The van der Waals surface area contributed by atoms with Crippen molar-refractivity contribution in [1.82, 2.24) is 9.97 Å². The topological polar surface area (TPSA) is 94.1 Å². The van der Waals surface area contributed by atoms with E-state index in [-0.39, 0.29) is 11.7 Å². The molecule has 0 saturated carbocycles. The van der Waals surface area contributed by atoms with Gasteiger partial charge in [-0.25, -0.2) is 9.97 Å². The van der Waals surface area contributed by atoms with Crippen LogP contribution in [0.4, 0.5) is 11.5 Å². The van der Waals surface area contributed by atoms with Crippen molar-refractivity contribution >= 4 is 22.5 Å². The van der Waals surface area contributed by atoms with Gasteiger partial charge in [-0.1, -0.05) is 12.1 Å². The minimum absolute atomic E-state index is 0.0690. The number of aryl methyl sites for hydroxylation is 2. The Kier molecular flexibility index (Phi) is 4.72. The molecule has 4 rings (SSSR count). The molecule has 1 unspecified atom stereocenters. The van der Waals surface area contributed by atoms with Gasteiger partial charge in [0.25, 0.3) is 5.69 Å². The number of hydrogen-bond acceptors (Lipinski definition) is 6. The van der Waals surface area contributed by atoms with Gasteiger partial charge in [0.2, 0.25) is 0 Å². The Hall–Kier alpha value is -3.74. The highest BCUT2D eigenvalue weighted by atomic mass is 16.6. The summed E-state index contributed by atoms with van der Waals surface area (Å²) in [6.07, 6.45) is 1.74. The second-order valence-electron chi connectivity index (χ2n) is 7.03. The molecule has 4 aromatic rings. The molecule has 1 N–H and O–H groups in total. The number of fused-ring (bicyclic) bond motifs is 1. The van der Waals surface area contributed by atoms with Gasteiger partial charge in [0.15, 0.2) is 0 Å². The molecule has 146 valence electrons. The van der Waals surface area contributed by atoms with Crippen LogP contribution in [0, 0.1) is 24.0 Å². The molecule has 0 aliphatic carbocycles. The molecule has 0 saturated heterocycles. The number of hydrogen-bond donors (Lipinski definition) is 1. The number of nitrogens with zero attached hydrogens (tertiary/aromatic N) is 3. The Balaban J connectivity index is 1.65. The molecule has 0 spiro atoms. The lowest BCUT2D eigenvalue weighted by Crippen LogP contribution is -2.09. The average molecular weight is 388 g/mol. The van der Waals surface area contributed by atoms with Crippen LogP contribution in [0.1, 0.15) is 29.9 Å². The van der Waals surface area contributed by atoms with Crippen LogP contribution in [0.5, 0.6) is 0 Å². The van der Waals surface area contributed by atoms with Gasteiger partial charge < -0.3 is 9.73 Å². The van der Waals surface area contributed by atoms with Crippen LogP contribution in [0.2, 0.25) is 0 Å². The molecule has 7 heteroatoms. The van der Waals surface area contributed by atoms with Gasteiger partial charge in [0.1, 0.15) is 17.2 Å². The van der Waals surface area contributed by atoms with Crippen LogP contribution < -0.4 is 5.32 Å². The van der Waals surface area contributed by atoms with E-state index in [1.165, 1.54) is 6.07 Å². The van der Waals surface area contributed by atoms with Gasteiger partial charge >= 0.3 is 0 Å². The van der Waals surface area contributed by atoms with Gasteiger partial charge in [-0.05, 0) is 50.1 Å². The predicted octanol–water partition coefficient (Wildman–Crippen LogP) is 5.59. The molecular weight excluding hydrogens is 368 g/mol. The maximum atomic E-state index is 11.0. The summed E-state index contributed by atoms with van der Waals surface area (Å²) in [5.74, 6) is 1.30. The summed E-state index contributed by atoms with van der Waals surface area (Å²) in [7, 11) is 0. The lowest BCUT2D eigenvalue weighted by Gasteiger charge is -2.16. The molecule has 0 radical (unpaired) electrons. The van der Waals surface area contributed by atoms with Gasteiger partial charge in [-0.3, -0.25) is 10.1 Å². The summed E-state index contributed by atoms with van der Waals surface area (Å²) < 4.78 is 5.52. The Morgan fingerprint density at radius 1 is 1.10 bits per heavy atom. The smallest absolute Gasteiger partial charge is 0.269 e. The SMILES string of the molecule is Cc1nc(NC(C)c2cccc([N+](=O)[O-])c2)cc(-c2ccc3occ(C)c3c2)n1. The molecule has 7 nitrogen and oxygen atoms in total. The molecule has 0 aliphatic heterocycles. The largest absolute Gasteiger partial charge is 0.464 e. The molecule has 0 amide bonds. The van der Waals surface area contributed by atoms with Crippen molar-refractivity contribution in [3.05, 3.63) is 81.9 Å². The van der Waals surface area contributed by atoms with E-state index < -0.39 is 4.92 Å². The summed E-state index contributed by atoms with van der Waals surface area (Å²) in [5.41, 5.74) is 4.57. The highest BCUT2D eigenvalue weighted by molar-refractivity contribution is 5.85. The van der Waals surface area contributed by atoms with E-state index >= 15 is 0 Å². The van der Waals surface area contributed by atoms with Gasteiger partial charge in [-0.15, -0.1) is 0 Å². The zero-order valence-electron chi connectivity index (χ0n) is 16.3. The summed E-state index contributed by atoms with van der Waals surface area (Å²) in [4.78, 5) is 19.7. The Labute approximate surface area is 167 Å². The highest BCUT2D eigenvalue weighted by Gasteiger charge is 2.13. The lowest BCUT2D eigenvalue weighted by atomic mass is 10.1. The zero-order valence-corrected chi connectivity index (χ0v) is 16.3. The number of rotatable bonds is 5. The minimum atomic E-state index is -0.392. The molecule has 0 aliphatic rings. The minimum Gasteiger partial charge on any atom is -0.464 e. The van der Waals surface area contributed by atoms with Crippen LogP contribution in [0.3, 0.4) is 0 Å². The number of nitro benzene ring substituents is 1. The second-order valence-corrected chi connectivity index (χ2v) is 7.03. The molecule has 2 heterocycles. The molecule has 2 aromatic heterocycles. The first-order valence-corrected chi connectivity index (χ1v) is 9.25. The second kappa shape index (κ2) is 7.35. The Morgan fingerprint density at radius 2 is 1.93 bits per heavy atom. The average Bonchev–Trinajstić information content (AvgIpc) is 3.08. The fourth-order valence-electron chi connectivity index (χ4n) is 3.32. The van der Waals surface area contributed by atoms with E-state index in [4.69, 9.17) is 4.42 Å². The van der Waals surface area contributed by atoms with Gasteiger partial charge in [0, 0.05) is 29.1 Å². The van der Waals surface area contributed by atoms with E-state index in [0.29, 0.717) is 11.6 Å². The van der Waals surface area contributed by atoms with Crippen molar-refractivity contribution in [2.75, 3.05) is 5.32 Å². The quantitative estimate of drug-likeness (QED) is 0.354. The zero-order chi connectivity index (χ0) is 20.5. The molecule has 2 aromatic carbocycles. The number of aromatic nitrogens is 2. The summed E-state index contributed by atoms with van der Waals surface area (Å²) >= 11 is 0. The normalized spacial score (nSPS) is 12.1. The van der Waals surface area contributed by atoms with Gasteiger partial charge in [0.05, 0.1) is 22.9 Å². The van der Waals surface area contributed by atoms with Crippen molar-refractivity contribution in [2.24, 2.45) is 0 Å². The summed E-state index contributed by atoms with van der Waals surface area (Å²) in [6.45, 7) is 5.79. The van der Waals surface area contributed by atoms with Crippen LogP contribution >= 0.6 is 0 Å². The van der Waals surface area contributed by atoms with Crippen molar-refractivity contribution in [3.8, 4) is 11.3 Å². The number of furan rings is 1. The Morgan fingerprint density at radius 3 is 2.72 bits per heavy atom. The number of benzene rings is 2. The van der Waals surface area contributed by atoms with E-state index in [1.54, 1.807) is 18.4 Å². The van der Waals surface area contributed by atoms with E-state index in [2.05, 4.69) is 21.4 Å². The van der Waals surface area contributed by atoms with Crippen molar-refractivity contribution in [2.45, 2.75) is 26.8 Å². The maximum absolute atomic E-state index is 11.0. The van der Waals surface area contributed by atoms with E-state index in [9.17, 15) is 10.1 Å². The first-order chi connectivity index (χ1) is 13.9. The summed E-state index contributed by atoms with van der Waals surface area (Å²) in [6, 6.07) is 14.3. The first-order valence-electron chi connectivity index (χ1n) is 9.25. The third kappa shape index (κ3) is 3.80. The van der Waals surface area contributed by atoms with Crippen molar-refractivity contribution in [1.29, 1.82) is 0 Å². The number of nitrogens with one attached hydrogen (secondary N) is 1. The monoisotopic (exact) mass is 388 g/mol. The molecule has 0 bridgehead atoms.